The Balaban J connectivity index is 1.42. The second-order valence-electron chi connectivity index (χ2n) is 8.75. The Bertz CT molecular complexity index is 678. The number of amides is 1. The van der Waals surface area contributed by atoms with E-state index in [2.05, 4.69) is 59.3 Å². The van der Waals surface area contributed by atoms with Gasteiger partial charge < -0.3 is 5.32 Å². The molecule has 0 atom stereocenters. The predicted octanol–water partition coefficient (Wildman–Crippen LogP) is 3.27. The van der Waals surface area contributed by atoms with Gasteiger partial charge in [0.05, 0.1) is 12.6 Å². The lowest BCUT2D eigenvalue weighted by atomic mass is 9.83. The first-order chi connectivity index (χ1) is 13.5. The number of hydrogen-bond donors (Lipinski definition) is 1. The largest absolute Gasteiger partial charge is 0.337 e. The third-order valence-corrected chi connectivity index (χ3v) is 6.18. The molecule has 0 bridgehead atoms. The smallest absolute Gasteiger partial charge is 0.235 e. The van der Waals surface area contributed by atoms with Gasteiger partial charge in [-0.2, -0.15) is 5.26 Å². The van der Waals surface area contributed by atoms with Crippen LogP contribution < -0.4 is 5.32 Å². The summed E-state index contributed by atoms with van der Waals surface area (Å²) in [5.41, 5.74) is 2.11. The fraction of sp³-hybridized carbons (Fsp3) is 0.652. The van der Waals surface area contributed by atoms with Gasteiger partial charge in [-0.15, -0.1) is 0 Å². The number of nitriles is 1. The molecule has 1 heterocycles. The summed E-state index contributed by atoms with van der Waals surface area (Å²) in [5, 5.41) is 12.6. The molecule has 28 heavy (non-hydrogen) atoms. The second kappa shape index (κ2) is 9.54. The monoisotopic (exact) mass is 382 g/mol. The number of hydrogen-bond acceptors (Lipinski definition) is 4. The molecular formula is C23H34N4O. The van der Waals surface area contributed by atoms with E-state index < -0.39 is 5.54 Å². The highest BCUT2D eigenvalue weighted by Crippen LogP contribution is 2.27. The van der Waals surface area contributed by atoms with Gasteiger partial charge in [0.1, 0.15) is 5.54 Å². The van der Waals surface area contributed by atoms with Crippen molar-refractivity contribution in [1.29, 1.82) is 5.26 Å². The molecule has 5 heteroatoms. The molecule has 3 rings (SSSR count). The summed E-state index contributed by atoms with van der Waals surface area (Å²) in [7, 11) is 0. The van der Waals surface area contributed by atoms with Crippen LogP contribution in [0, 0.1) is 11.3 Å². The van der Waals surface area contributed by atoms with E-state index in [9.17, 15) is 10.1 Å². The highest BCUT2D eigenvalue weighted by molar-refractivity contribution is 5.79. The third-order valence-electron chi connectivity index (χ3n) is 6.18. The average molecular weight is 383 g/mol. The van der Waals surface area contributed by atoms with E-state index in [4.69, 9.17) is 0 Å². The predicted molar refractivity (Wildman–Crippen MR) is 112 cm³/mol. The van der Waals surface area contributed by atoms with Crippen molar-refractivity contribution in [2.45, 2.75) is 64.0 Å². The molecule has 1 aliphatic heterocycles. The van der Waals surface area contributed by atoms with Crippen LogP contribution in [0.1, 0.15) is 63.0 Å². The number of nitrogens with one attached hydrogen (secondary N) is 1. The zero-order valence-electron chi connectivity index (χ0n) is 17.4. The fourth-order valence-corrected chi connectivity index (χ4v) is 4.30. The summed E-state index contributed by atoms with van der Waals surface area (Å²) >= 11 is 0. The number of carbonyl (C=O) groups excluding carboxylic acids is 1. The Labute approximate surface area is 169 Å². The third kappa shape index (κ3) is 5.56. The van der Waals surface area contributed by atoms with E-state index in [1.54, 1.807) is 0 Å². The van der Waals surface area contributed by atoms with Gasteiger partial charge in [-0.05, 0) is 29.9 Å². The van der Waals surface area contributed by atoms with E-state index in [0.29, 0.717) is 12.5 Å². The zero-order valence-corrected chi connectivity index (χ0v) is 17.4. The van der Waals surface area contributed by atoms with Crippen LogP contribution in [-0.4, -0.2) is 54.0 Å². The van der Waals surface area contributed by atoms with E-state index in [-0.39, 0.29) is 5.91 Å². The molecule has 1 N–H and O–H groups in total. The van der Waals surface area contributed by atoms with E-state index in [0.717, 1.165) is 58.4 Å². The molecule has 0 radical (unpaired) electrons. The van der Waals surface area contributed by atoms with Gasteiger partial charge in [-0.25, -0.2) is 0 Å². The second-order valence-corrected chi connectivity index (χ2v) is 8.75. The van der Waals surface area contributed by atoms with Gasteiger partial charge in [-0.3, -0.25) is 14.6 Å². The van der Waals surface area contributed by atoms with Crippen molar-refractivity contribution in [2.75, 3.05) is 32.7 Å². The molecule has 152 valence electrons. The molecule has 1 aromatic carbocycles. The van der Waals surface area contributed by atoms with Crippen molar-refractivity contribution < 1.29 is 4.79 Å². The van der Waals surface area contributed by atoms with Gasteiger partial charge in [0.2, 0.25) is 5.91 Å². The summed E-state index contributed by atoms with van der Waals surface area (Å²) < 4.78 is 0. The zero-order chi connectivity index (χ0) is 20.0. The van der Waals surface area contributed by atoms with Crippen LogP contribution in [0.25, 0.3) is 0 Å². The Morgan fingerprint density at radius 3 is 2.25 bits per heavy atom. The van der Waals surface area contributed by atoms with Crippen LogP contribution in [0.3, 0.4) is 0 Å². The van der Waals surface area contributed by atoms with E-state index >= 15 is 0 Å². The maximum absolute atomic E-state index is 12.5. The summed E-state index contributed by atoms with van der Waals surface area (Å²) in [5.74, 6) is 0.568. The Morgan fingerprint density at radius 1 is 1.07 bits per heavy atom. The van der Waals surface area contributed by atoms with Gasteiger partial charge >= 0.3 is 0 Å². The quantitative estimate of drug-likeness (QED) is 0.820. The van der Waals surface area contributed by atoms with Crippen molar-refractivity contribution in [2.24, 2.45) is 0 Å². The van der Waals surface area contributed by atoms with Crippen LogP contribution >= 0.6 is 0 Å². The van der Waals surface area contributed by atoms with Crippen molar-refractivity contribution in [3.8, 4) is 6.07 Å². The van der Waals surface area contributed by atoms with Crippen LogP contribution in [0.15, 0.2) is 24.3 Å². The maximum atomic E-state index is 12.5. The Kier molecular flexibility index (Phi) is 7.09. The van der Waals surface area contributed by atoms with E-state index in [1.807, 2.05) is 0 Å². The topological polar surface area (TPSA) is 59.4 Å². The Hall–Kier alpha value is -1.90. The van der Waals surface area contributed by atoms with E-state index in [1.165, 1.54) is 17.5 Å². The molecule has 2 aliphatic rings. The van der Waals surface area contributed by atoms with Crippen molar-refractivity contribution in [3.63, 3.8) is 0 Å². The first-order valence-electron chi connectivity index (χ1n) is 10.8. The van der Waals surface area contributed by atoms with Crippen LogP contribution in [0.2, 0.25) is 0 Å². The molecule has 0 spiro atoms. The average Bonchev–Trinajstić information content (AvgIpc) is 2.70. The van der Waals surface area contributed by atoms with Crippen molar-refractivity contribution >= 4 is 5.91 Å². The Morgan fingerprint density at radius 2 is 1.68 bits per heavy atom. The summed E-state index contributed by atoms with van der Waals surface area (Å²) in [4.78, 5) is 17.2. The lowest BCUT2D eigenvalue weighted by Gasteiger charge is -2.36. The molecule has 5 nitrogen and oxygen atoms in total. The molecule has 1 aliphatic carbocycles. The molecule has 1 saturated carbocycles. The number of benzene rings is 1. The minimum atomic E-state index is -0.626. The SMILES string of the molecule is CC(C)c1ccc(CN2CCN(CC(=O)NC3(C#N)CCCCC3)CC2)cc1. The molecule has 0 unspecified atom stereocenters. The first kappa shape index (κ1) is 20.8. The molecule has 0 aromatic heterocycles. The summed E-state index contributed by atoms with van der Waals surface area (Å²) in [6, 6.07) is 11.3. The van der Waals surface area contributed by atoms with Gasteiger partial charge in [-0.1, -0.05) is 57.4 Å². The highest BCUT2D eigenvalue weighted by Gasteiger charge is 2.34. The van der Waals surface area contributed by atoms with Crippen molar-refractivity contribution in [3.05, 3.63) is 35.4 Å². The standard InChI is InChI=1S/C23H34N4O/c1-19(2)21-8-6-20(7-9-21)16-26-12-14-27(15-13-26)17-22(28)25-23(18-24)10-4-3-5-11-23/h6-9,19H,3-5,10-17H2,1-2H3,(H,25,28). The van der Waals surface area contributed by atoms with Gasteiger partial charge in [0.15, 0.2) is 0 Å². The summed E-state index contributed by atoms with van der Waals surface area (Å²) in [6.45, 7) is 9.56. The van der Waals surface area contributed by atoms with Gasteiger partial charge in [0, 0.05) is 32.7 Å². The molecule has 1 aromatic rings. The minimum absolute atomic E-state index is 0.00109. The molecule has 2 fully saturated rings. The molecule has 1 amide bonds. The minimum Gasteiger partial charge on any atom is -0.337 e. The lowest BCUT2D eigenvalue weighted by molar-refractivity contribution is -0.124. The molecular weight excluding hydrogens is 348 g/mol. The van der Waals surface area contributed by atoms with Crippen LogP contribution in [0.5, 0.6) is 0 Å². The molecule has 1 saturated heterocycles. The normalized spacial score (nSPS) is 20.6. The van der Waals surface area contributed by atoms with Crippen LogP contribution in [-0.2, 0) is 11.3 Å². The van der Waals surface area contributed by atoms with Gasteiger partial charge in [0.25, 0.3) is 0 Å². The maximum Gasteiger partial charge on any atom is 0.235 e. The number of rotatable bonds is 6. The first-order valence-corrected chi connectivity index (χ1v) is 10.8. The number of nitrogens with zero attached hydrogens (tertiary/aromatic N) is 3. The number of piperazine rings is 1. The van der Waals surface area contributed by atoms with Crippen LogP contribution in [0.4, 0.5) is 0 Å². The highest BCUT2D eigenvalue weighted by atomic mass is 16.2. The summed E-state index contributed by atoms with van der Waals surface area (Å²) in [6.07, 6.45) is 4.81. The number of carbonyl (C=O) groups is 1. The fourth-order valence-electron chi connectivity index (χ4n) is 4.30. The lowest BCUT2D eigenvalue weighted by Crippen LogP contribution is -2.54. The van der Waals surface area contributed by atoms with Crippen molar-refractivity contribution in [1.82, 2.24) is 15.1 Å².